The van der Waals surface area contributed by atoms with Crippen molar-refractivity contribution in [2.24, 2.45) is 0 Å². The van der Waals surface area contributed by atoms with Crippen LogP contribution in [0.5, 0.6) is 0 Å². The molecule has 2 saturated heterocycles. The predicted octanol–water partition coefficient (Wildman–Crippen LogP) is 2.29. The van der Waals surface area contributed by atoms with Crippen LogP contribution in [0.15, 0.2) is 0 Å². The summed E-state index contributed by atoms with van der Waals surface area (Å²) in [5.74, 6) is -0.219. The summed E-state index contributed by atoms with van der Waals surface area (Å²) in [4.78, 5) is 40.0. The first-order chi connectivity index (χ1) is 19.9. The van der Waals surface area contributed by atoms with E-state index in [0.29, 0.717) is 32.8 Å². The lowest BCUT2D eigenvalue weighted by Crippen LogP contribution is -2.47. The van der Waals surface area contributed by atoms with E-state index < -0.39 is 6.04 Å². The molecule has 0 radical (unpaired) electrons. The molecule has 3 amide bonds. The Hall–Kier alpha value is -1.83. The largest absolute Gasteiger partial charge is 0.378 e. The van der Waals surface area contributed by atoms with Crippen LogP contribution in [0.2, 0.25) is 0 Å². The van der Waals surface area contributed by atoms with E-state index in [9.17, 15) is 14.4 Å². The van der Waals surface area contributed by atoms with E-state index in [0.717, 1.165) is 32.4 Å². The topological polar surface area (TPSA) is 128 Å². The van der Waals surface area contributed by atoms with Gasteiger partial charge >= 0.3 is 0 Å². The molecule has 42 heavy (non-hydrogen) atoms. The van der Waals surface area contributed by atoms with Crippen LogP contribution in [-0.2, 0) is 38.1 Å². The first-order valence-electron chi connectivity index (χ1n) is 15.5. The van der Waals surface area contributed by atoms with Crippen molar-refractivity contribution < 1.29 is 38.1 Å². The summed E-state index contributed by atoms with van der Waals surface area (Å²) in [6, 6.07) is -0.444. The molecule has 12 nitrogen and oxygen atoms in total. The van der Waals surface area contributed by atoms with Crippen LogP contribution < -0.4 is 10.6 Å². The maximum Gasteiger partial charge on any atom is 0.249 e. The maximum absolute atomic E-state index is 12.2. The van der Waals surface area contributed by atoms with Gasteiger partial charge in [-0.3, -0.25) is 19.3 Å². The average Bonchev–Trinajstić information content (AvgIpc) is 3.59. The van der Waals surface area contributed by atoms with Crippen molar-refractivity contribution in [1.29, 1.82) is 0 Å². The lowest BCUT2D eigenvalue weighted by atomic mass is 10.2. The van der Waals surface area contributed by atoms with Gasteiger partial charge in [-0.2, -0.15) is 0 Å². The van der Waals surface area contributed by atoms with Gasteiger partial charge in [0.2, 0.25) is 17.7 Å². The molecular formula is C30H58N4O8. The summed E-state index contributed by atoms with van der Waals surface area (Å²) in [7, 11) is 0. The Kier molecular flexibility index (Phi) is 19.8. The highest BCUT2D eigenvalue weighted by Gasteiger charge is 2.34. The minimum atomic E-state index is -0.394. The predicted molar refractivity (Wildman–Crippen MR) is 161 cm³/mol. The molecule has 0 aliphatic carbocycles. The fourth-order valence-electron chi connectivity index (χ4n) is 4.47. The fraction of sp³-hybridized carbons (Fsp3) is 0.900. The summed E-state index contributed by atoms with van der Waals surface area (Å²) >= 11 is 0. The van der Waals surface area contributed by atoms with E-state index in [4.69, 9.17) is 23.7 Å². The Morgan fingerprint density at radius 2 is 1.19 bits per heavy atom. The van der Waals surface area contributed by atoms with Crippen molar-refractivity contribution in [2.75, 3.05) is 59.5 Å². The number of carbonyl (C=O) groups excluding carboxylic acids is 3. The number of ether oxygens (including phenoxy) is 5. The summed E-state index contributed by atoms with van der Waals surface area (Å²) in [5.41, 5.74) is 0. The Bertz CT molecular complexity index is 766. The van der Waals surface area contributed by atoms with Crippen molar-refractivity contribution >= 4 is 17.7 Å². The van der Waals surface area contributed by atoms with Gasteiger partial charge in [-0.05, 0) is 87.6 Å². The molecule has 2 aliphatic heterocycles. The van der Waals surface area contributed by atoms with E-state index in [1.165, 1.54) is 0 Å². The van der Waals surface area contributed by atoms with E-state index >= 15 is 0 Å². The highest BCUT2D eigenvalue weighted by molar-refractivity contribution is 5.88. The third kappa shape index (κ3) is 16.7. The van der Waals surface area contributed by atoms with Crippen LogP contribution in [0.4, 0.5) is 0 Å². The van der Waals surface area contributed by atoms with E-state index in [-0.39, 0.29) is 68.2 Å². The average molecular weight is 603 g/mol. The van der Waals surface area contributed by atoms with Crippen LogP contribution in [0.25, 0.3) is 0 Å². The standard InChI is InChI=1S/C16H32N2O4.C14H26N2O4/c1-13(2)21-11-10-20-9-8-18-7-5-6-15(18)16(19)17-12-22-14(3)4;1-10(2)19-8-13(17)16-7-5-6-12(16)14(18)15-9-20-11(3)4/h13-15H,5-12H2,1-4H3,(H,17,19);10-12H,5-9H2,1-4H3,(H,15,18). The maximum atomic E-state index is 12.2. The first kappa shape index (κ1) is 38.2. The second-order valence-electron chi connectivity index (χ2n) is 11.6. The van der Waals surface area contributed by atoms with Crippen LogP contribution in [0, 0.1) is 0 Å². The molecule has 0 aromatic rings. The third-order valence-corrected chi connectivity index (χ3v) is 6.61. The minimum Gasteiger partial charge on any atom is -0.378 e. The lowest BCUT2D eigenvalue weighted by Gasteiger charge is -2.24. The van der Waals surface area contributed by atoms with Gasteiger partial charge in [-0.1, -0.05) is 0 Å². The van der Waals surface area contributed by atoms with Gasteiger partial charge in [-0.15, -0.1) is 0 Å². The second-order valence-corrected chi connectivity index (χ2v) is 11.6. The molecule has 2 atom stereocenters. The Labute approximate surface area is 253 Å². The molecule has 2 aliphatic rings. The van der Waals surface area contributed by atoms with Crippen molar-refractivity contribution in [3.63, 3.8) is 0 Å². The van der Waals surface area contributed by atoms with Gasteiger partial charge < -0.3 is 39.2 Å². The SMILES string of the molecule is CC(C)OCCOCCN1CCCC1C(=O)NCOC(C)C.CC(C)OCNC(=O)C1CCCN1C(=O)COC(C)C. The van der Waals surface area contributed by atoms with Crippen molar-refractivity contribution in [3.8, 4) is 0 Å². The van der Waals surface area contributed by atoms with Gasteiger partial charge in [0.1, 0.15) is 26.1 Å². The van der Waals surface area contributed by atoms with Crippen LogP contribution in [-0.4, -0.2) is 124 Å². The number of rotatable bonds is 18. The van der Waals surface area contributed by atoms with E-state index in [2.05, 4.69) is 15.5 Å². The van der Waals surface area contributed by atoms with Crippen molar-refractivity contribution in [3.05, 3.63) is 0 Å². The monoisotopic (exact) mass is 602 g/mol. The highest BCUT2D eigenvalue weighted by Crippen LogP contribution is 2.18. The van der Waals surface area contributed by atoms with Gasteiger partial charge in [0.05, 0.1) is 50.3 Å². The fourth-order valence-corrected chi connectivity index (χ4v) is 4.47. The number of nitrogens with zero attached hydrogens (tertiary/aromatic N) is 2. The third-order valence-electron chi connectivity index (χ3n) is 6.61. The van der Waals surface area contributed by atoms with E-state index in [1.54, 1.807) is 4.90 Å². The molecule has 0 saturated carbocycles. The Balaban J connectivity index is 0.000000422. The number of hydrogen-bond acceptors (Lipinski definition) is 9. The normalized spacial score (nSPS) is 19.1. The highest BCUT2D eigenvalue weighted by atomic mass is 16.5. The van der Waals surface area contributed by atoms with Crippen LogP contribution in [0.3, 0.4) is 0 Å². The van der Waals surface area contributed by atoms with Crippen molar-refractivity contribution in [1.82, 2.24) is 20.4 Å². The zero-order valence-corrected chi connectivity index (χ0v) is 27.3. The zero-order chi connectivity index (χ0) is 31.5. The molecule has 0 bridgehead atoms. The Morgan fingerprint density at radius 3 is 1.76 bits per heavy atom. The molecule has 0 spiro atoms. The first-order valence-corrected chi connectivity index (χ1v) is 15.5. The second kappa shape index (κ2) is 21.8. The van der Waals surface area contributed by atoms with Crippen LogP contribution in [0.1, 0.15) is 81.1 Å². The van der Waals surface area contributed by atoms with Gasteiger partial charge in [-0.25, -0.2) is 0 Å². The summed E-state index contributed by atoms with van der Waals surface area (Å²) in [5, 5.41) is 5.56. The van der Waals surface area contributed by atoms with Gasteiger partial charge in [0, 0.05) is 13.1 Å². The van der Waals surface area contributed by atoms with Gasteiger partial charge in [0.25, 0.3) is 0 Å². The molecule has 2 unspecified atom stereocenters. The number of hydrogen-bond donors (Lipinski definition) is 2. The zero-order valence-electron chi connectivity index (χ0n) is 27.3. The molecule has 2 fully saturated rings. The van der Waals surface area contributed by atoms with E-state index in [1.807, 2.05) is 55.4 Å². The molecule has 0 aromatic heterocycles. The molecule has 2 N–H and O–H groups in total. The smallest absolute Gasteiger partial charge is 0.249 e. The summed E-state index contributed by atoms with van der Waals surface area (Å²) < 4.78 is 26.9. The quantitative estimate of drug-likeness (QED) is 0.179. The number of carbonyl (C=O) groups is 3. The Morgan fingerprint density at radius 1 is 0.667 bits per heavy atom. The van der Waals surface area contributed by atoms with Crippen molar-refractivity contribution in [2.45, 2.75) is 118 Å². The minimum absolute atomic E-state index is 0.00766. The van der Waals surface area contributed by atoms with Gasteiger partial charge in [0.15, 0.2) is 0 Å². The summed E-state index contributed by atoms with van der Waals surface area (Å²) in [6.45, 7) is 20.2. The molecule has 2 heterocycles. The molecule has 12 heteroatoms. The lowest BCUT2D eigenvalue weighted by molar-refractivity contribution is -0.143. The number of likely N-dealkylation sites (tertiary alicyclic amines) is 2. The molecule has 0 aromatic carbocycles. The molecule has 246 valence electrons. The summed E-state index contributed by atoms with van der Waals surface area (Å²) in [6.07, 6.45) is 3.94. The number of amides is 3. The molecular weight excluding hydrogens is 544 g/mol. The van der Waals surface area contributed by atoms with Crippen LogP contribution >= 0.6 is 0 Å². The molecule has 2 rings (SSSR count). The number of nitrogens with one attached hydrogen (secondary N) is 2.